The number of nitrogens with zero attached hydrogens (tertiary/aromatic N) is 2. The monoisotopic (exact) mass is 413 g/mol. The molecule has 10 heteroatoms. The van der Waals surface area contributed by atoms with E-state index in [1.165, 1.54) is 11.6 Å². The van der Waals surface area contributed by atoms with E-state index < -0.39 is 23.3 Å². The van der Waals surface area contributed by atoms with Crippen molar-refractivity contribution in [3.63, 3.8) is 0 Å². The molecular formula is C20H23N5O5. The van der Waals surface area contributed by atoms with E-state index in [1.54, 1.807) is 6.92 Å². The summed E-state index contributed by atoms with van der Waals surface area (Å²) in [6.45, 7) is 1.92. The van der Waals surface area contributed by atoms with Gasteiger partial charge in [-0.15, -0.1) is 0 Å². The first-order chi connectivity index (χ1) is 14.4. The standard InChI is InChI=1S/C20H23N5O5/c1-3-30-19(28)13(11-12-7-5-4-6-8-12)21-15(26)10-9-14-22-16-17(23-14)25(2)20(29)24-18(16)27/h4-8,13H,3,9-11H2,1-2H3,(H,21,26)(H,22,23)(H,24,27,29). The molecule has 0 saturated carbocycles. The van der Waals surface area contributed by atoms with Crippen molar-refractivity contribution >= 4 is 23.0 Å². The zero-order valence-electron chi connectivity index (χ0n) is 16.7. The molecule has 0 bridgehead atoms. The van der Waals surface area contributed by atoms with E-state index in [-0.39, 0.29) is 36.5 Å². The lowest BCUT2D eigenvalue weighted by Gasteiger charge is -2.17. The number of imidazole rings is 1. The molecule has 1 aromatic carbocycles. The highest BCUT2D eigenvalue weighted by Crippen LogP contribution is 2.08. The average molecular weight is 413 g/mol. The van der Waals surface area contributed by atoms with Gasteiger partial charge in [0, 0.05) is 26.3 Å². The van der Waals surface area contributed by atoms with Crippen LogP contribution in [0.2, 0.25) is 0 Å². The summed E-state index contributed by atoms with van der Waals surface area (Å²) in [6.07, 6.45) is 0.554. The van der Waals surface area contributed by atoms with Crippen LogP contribution >= 0.6 is 0 Å². The maximum atomic E-state index is 12.4. The Hall–Kier alpha value is -3.69. The molecule has 3 N–H and O–H groups in total. The van der Waals surface area contributed by atoms with Crippen LogP contribution in [0.3, 0.4) is 0 Å². The first kappa shape index (κ1) is 21.0. The van der Waals surface area contributed by atoms with E-state index in [2.05, 4.69) is 20.3 Å². The largest absolute Gasteiger partial charge is 0.464 e. The number of amides is 1. The number of nitrogens with one attached hydrogen (secondary N) is 3. The van der Waals surface area contributed by atoms with Crippen LogP contribution in [0.5, 0.6) is 0 Å². The Morgan fingerprint density at radius 1 is 1.20 bits per heavy atom. The quantitative estimate of drug-likeness (QED) is 0.450. The summed E-state index contributed by atoms with van der Waals surface area (Å²) >= 11 is 0. The van der Waals surface area contributed by atoms with E-state index in [9.17, 15) is 19.2 Å². The first-order valence-corrected chi connectivity index (χ1v) is 9.56. The Labute approximate surface area is 171 Å². The summed E-state index contributed by atoms with van der Waals surface area (Å²) in [5, 5.41) is 2.71. The number of aryl methyl sites for hydroxylation is 2. The molecule has 0 aliphatic rings. The zero-order valence-corrected chi connectivity index (χ0v) is 16.7. The van der Waals surface area contributed by atoms with Gasteiger partial charge >= 0.3 is 11.7 Å². The Morgan fingerprint density at radius 3 is 2.63 bits per heavy atom. The number of fused-ring (bicyclic) bond motifs is 1. The number of aromatic amines is 2. The second kappa shape index (κ2) is 9.21. The molecule has 0 fully saturated rings. The Bertz CT molecular complexity index is 1160. The third-order valence-electron chi connectivity index (χ3n) is 4.58. The van der Waals surface area contributed by atoms with Crippen LogP contribution in [-0.4, -0.2) is 44.0 Å². The second-order valence-corrected chi connectivity index (χ2v) is 6.76. The van der Waals surface area contributed by atoms with Gasteiger partial charge in [-0.1, -0.05) is 30.3 Å². The van der Waals surface area contributed by atoms with Crippen molar-refractivity contribution in [3.8, 4) is 0 Å². The van der Waals surface area contributed by atoms with Crippen molar-refractivity contribution in [3.05, 3.63) is 62.6 Å². The number of aromatic nitrogens is 4. The molecule has 0 radical (unpaired) electrons. The smallest absolute Gasteiger partial charge is 0.329 e. The van der Waals surface area contributed by atoms with Crippen LogP contribution in [0, 0.1) is 0 Å². The van der Waals surface area contributed by atoms with E-state index in [4.69, 9.17) is 4.74 Å². The summed E-state index contributed by atoms with van der Waals surface area (Å²) in [7, 11) is 1.49. The fourth-order valence-electron chi connectivity index (χ4n) is 3.06. The highest BCUT2D eigenvalue weighted by molar-refractivity contribution is 5.84. The fraction of sp³-hybridized carbons (Fsp3) is 0.350. The van der Waals surface area contributed by atoms with Gasteiger partial charge in [-0.05, 0) is 12.5 Å². The SMILES string of the molecule is CCOC(=O)C(Cc1ccccc1)NC(=O)CCc1nc2c([nH]1)c(=O)[nH]c(=O)n2C. The van der Waals surface area contributed by atoms with Gasteiger partial charge in [0.1, 0.15) is 17.4 Å². The third-order valence-corrected chi connectivity index (χ3v) is 4.58. The molecule has 0 aliphatic heterocycles. The van der Waals surface area contributed by atoms with Gasteiger partial charge in [-0.2, -0.15) is 0 Å². The molecule has 3 rings (SSSR count). The summed E-state index contributed by atoms with van der Waals surface area (Å²) in [5.74, 6) is -0.463. The lowest BCUT2D eigenvalue weighted by Crippen LogP contribution is -2.43. The fourth-order valence-corrected chi connectivity index (χ4v) is 3.06. The first-order valence-electron chi connectivity index (χ1n) is 9.56. The normalized spacial score (nSPS) is 11.9. The highest BCUT2D eigenvalue weighted by Gasteiger charge is 2.22. The molecule has 1 atom stereocenters. The molecule has 0 spiro atoms. The Morgan fingerprint density at radius 2 is 1.93 bits per heavy atom. The topological polar surface area (TPSA) is 139 Å². The van der Waals surface area contributed by atoms with Gasteiger partial charge in [0.25, 0.3) is 5.56 Å². The Kier molecular flexibility index (Phi) is 6.45. The van der Waals surface area contributed by atoms with Crippen molar-refractivity contribution in [1.82, 2.24) is 24.8 Å². The van der Waals surface area contributed by atoms with Gasteiger partial charge in [0.15, 0.2) is 5.65 Å². The van der Waals surface area contributed by atoms with E-state index in [0.717, 1.165) is 5.56 Å². The van der Waals surface area contributed by atoms with Gasteiger partial charge in [0.2, 0.25) is 5.91 Å². The van der Waals surface area contributed by atoms with Crippen molar-refractivity contribution in [2.24, 2.45) is 7.05 Å². The molecular weight excluding hydrogens is 390 g/mol. The highest BCUT2D eigenvalue weighted by atomic mass is 16.5. The number of carbonyl (C=O) groups excluding carboxylic acids is 2. The second-order valence-electron chi connectivity index (χ2n) is 6.76. The molecule has 2 aromatic heterocycles. The number of ether oxygens (including phenoxy) is 1. The molecule has 30 heavy (non-hydrogen) atoms. The summed E-state index contributed by atoms with van der Waals surface area (Å²) in [4.78, 5) is 57.5. The van der Waals surface area contributed by atoms with Gasteiger partial charge in [-0.3, -0.25) is 19.1 Å². The molecule has 1 amide bonds. The lowest BCUT2D eigenvalue weighted by molar-refractivity contribution is -0.147. The number of rotatable bonds is 8. The van der Waals surface area contributed by atoms with Gasteiger partial charge < -0.3 is 15.0 Å². The molecule has 2 heterocycles. The van der Waals surface area contributed by atoms with E-state index in [1.807, 2.05) is 30.3 Å². The maximum absolute atomic E-state index is 12.4. The van der Waals surface area contributed by atoms with Crippen LogP contribution in [0.25, 0.3) is 11.2 Å². The van der Waals surface area contributed by atoms with Crippen LogP contribution in [0.4, 0.5) is 0 Å². The number of hydrogen-bond donors (Lipinski definition) is 3. The predicted molar refractivity (Wildman–Crippen MR) is 109 cm³/mol. The number of H-pyrrole nitrogens is 2. The minimum Gasteiger partial charge on any atom is -0.464 e. The van der Waals surface area contributed by atoms with Crippen molar-refractivity contribution in [2.75, 3.05) is 6.61 Å². The number of hydrogen-bond acceptors (Lipinski definition) is 6. The van der Waals surface area contributed by atoms with Crippen molar-refractivity contribution in [2.45, 2.75) is 32.2 Å². The summed E-state index contributed by atoms with van der Waals surface area (Å²) in [5.41, 5.74) is 0.143. The Balaban J connectivity index is 1.68. The van der Waals surface area contributed by atoms with Crippen LogP contribution in [-0.2, 0) is 34.2 Å². The third kappa shape index (κ3) is 4.83. The maximum Gasteiger partial charge on any atom is 0.329 e. The predicted octanol–water partition coefficient (Wildman–Crippen LogP) is 0.173. The number of esters is 1. The van der Waals surface area contributed by atoms with Crippen LogP contribution in [0.15, 0.2) is 39.9 Å². The molecule has 158 valence electrons. The summed E-state index contributed by atoms with van der Waals surface area (Å²) in [6, 6.07) is 8.52. The van der Waals surface area contributed by atoms with Crippen LogP contribution < -0.4 is 16.6 Å². The molecule has 10 nitrogen and oxygen atoms in total. The minimum atomic E-state index is -0.806. The van der Waals surface area contributed by atoms with E-state index in [0.29, 0.717) is 12.2 Å². The van der Waals surface area contributed by atoms with E-state index >= 15 is 0 Å². The summed E-state index contributed by atoms with van der Waals surface area (Å²) < 4.78 is 6.29. The van der Waals surface area contributed by atoms with Crippen molar-refractivity contribution < 1.29 is 14.3 Å². The molecule has 3 aromatic rings. The van der Waals surface area contributed by atoms with Crippen molar-refractivity contribution in [1.29, 1.82) is 0 Å². The minimum absolute atomic E-state index is 0.0381. The average Bonchev–Trinajstić information content (AvgIpc) is 3.16. The molecule has 0 aliphatic carbocycles. The zero-order chi connectivity index (χ0) is 21.7. The van der Waals surface area contributed by atoms with Crippen LogP contribution in [0.1, 0.15) is 24.7 Å². The molecule has 1 unspecified atom stereocenters. The lowest BCUT2D eigenvalue weighted by atomic mass is 10.1. The van der Waals surface area contributed by atoms with Gasteiger partial charge in [0.05, 0.1) is 6.61 Å². The van der Waals surface area contributed by atoms with Gasteiger partial charge in [-0.25, -0.2) is 14.6 Å². The number of carbonyl (C=O) groups is 2. The number of benzene rings is 1. The molecule has 0 saturated heterocycles.